The summed E-state index contributed by atoms with van der Waals surface area (Å²) in [5.74, 6) is 1.55. The van der Waals surface area contributed by atoms with E-state index in [0.717, 1.165) is 50.6 Å². The number of rotatable bonds is 3. The molecular weight excluding hydrogens is 472 g/mol. The zero-order chi connectivity index (χ0) is 24.8. The summed E-state index contributed by atoms with van der Waals surface area (Å²) in [6.45, 7) is 6.59. The summed E-state index contributed by atoms with van der Waals surface area (Å²) < 4.78 is 2.03. The molecule has 0 bridgehead atoms. The Hall–Kier alpha value is -3.97. The monoisotopic (exact) mass is 496 g/mol. The lowest BCUT2D eigenvalue weighted by molar-refractivity contribution is 0.0746. The van der Waals surface area contributed by atoms with Crippen molar-refractivity contribution in [2.24, 2.45) is 0 Å². The predicted octanol–water partition coefficient (Wildman–Crippen LogP) is 5.18. The van der Waals surface area contributed by atoms with Crippen molar-refractivity contribution >= 4 is 40.0 Å². The number of amides is 1. The molecule has 5 aromatic rings. The highest BCUT2D eigenvalue weighted by molar-refractivity contribution is 6.31. The third-order valence-electron chi connectivity index (χ3n) is 6.71. The highest BCUT2D eigenvalue weighted by Gasteiger charge is 2.26. The Labute approximate surface area is 214 Å². The third kappa shape index (κ3) is 3.95. The van der Waals surface area contributed by atoms with Crippen molar-refractivity contribution in [3.63, 3.8) is 0 Å². The van der Waals surface area contributed by atoms with Crippen molar-refractivity contribution in [2.75, 3.05) is 31.1 Å². The molecular formula is C28H25ClN6O. The second kappa shape index (κ2) is 8.91. The van der Waals surface area contributed by atoms with E-state index < -0.39 is 0 Å². The fourth-order valence-corrected chi connectivity index (χ4v) is 4.93. The van der Waals surface area contributed by atoms with Gasteiger partial charge in [-0.3, -0.25) is 4.79 Å². The minimum Gasteiger partial charge on any atom is -0.338 e. The van der Waals surface area contributed by atoms with E-state index in [1.165, 1.54) is 0 Å². The normalized spacial score (nSPS) is 14.1. The Morgan fingerprint density at radius 2 is 1.64 bits per heavy atom. The van der Waals surface area contributed by atoms with Crippen molar-refractivity contribution in [3.8, 4) is 11.4 Å². The molecule has 2 aromatic heterocycles. The van der Waals surface area contributed by atoms with Gasteiger partial charge in [0.2, 0.25) is 5.95 Å². The average Bonchev–Trinajstić information content (AvgIpc) is 3.34. The summed E-state index contributed by atoms with van der Waals surface area (Å²) in [5, 5.41) is 10.7. The van der Waals surface area contributed by atoms with E-state index in [-0.39, 0.29) is 5.91 Å². The van der Waals surface area contributed by atoms with Gasteiger partial charge >= 0.3 is 0 Å². The maximum absolute atomic E-state index is 13.1. The van der Waals surface area contributed by atoms with Gasteiger partial charge in [-0.1, -0.05) is 53.1 Å². The van der Waals surface area contributed by atoms with Crippen molar-refractivity contribution in [1.82, 2.24) is 24.5 Å². The molecule has 1 aliphatic heterocycles. The van der Waals surface area contributed by atoms with Gasteiger partial charge < -0.3 is 9.80 Å². The van der Waals surface area contributed by atoms with Gasteiger partial charge in [-0.25, -0.2) is 9.38 Å². The van der Waals surface area contributed by atoms with Crippen LogP contribution >= 0.6 is 11.6 Å². The first-order chi connectivity index (χ1) is 17.5. The first-order valence-electron chi connectivity index (χ1n) is 12.0. The summed E-state index contributed by atoms with van der Waals surface area (Å²) >= 11 is 6.31. The Morgan fingerprint density at radius 3 is 2.39 bits per heavy atom. The van der Waals surface area contributed by atoms with E-state index in [1.807, 2.05) is 70.8 Å². The zero-order valence-electron chi connectivity index (χ0n) is 20.1. The molecule has 1 fully saturated rings. The molecule has 1 amide bonds. The first kappa shape index (κ1) is 22.5. The SMILES string of the molecule is Cc1ccc(C(=O)N2CCN(c3nc4cc(Cl)ccc4c4nnc(-c5cccc(C)c5)n34)CC2)cc1. The number of aromatic nitrogens is 4. The number of fused-ring (bicyclic) bond motifs is 3. The molecule has 36 heavy (non-hydrogen) atoms. The second-order valence-electron chi connectivity index (χ2n) is 9.27. The Balaban J connectivity index is 1.39. The summed E-state index contributed by atoms with van der Waals surface area (Å²) in [6, 6.07) is 21.6. The van der Waals surface area contributed by atoms with Crippen LogP contribution in [0.25, 0.3) is 27.9 Å². The fourth-order valence-electron chi connectivity index (χ4n) is 4.76. The number of carbonyl (C=O) groups excluding carboxylic acids is 1. The molecule has 0 atom stereocenters. The van der Waals surface area contributed by atoms with Gasteiger partial charge in [-0.05, 0) is 50.2 Å². The highest BCUT2D eigenvalue weighted by atomic mass is 35.5. The molecule has 0 N–H and O–H groups in total. The standard InChI is InChI=1S/C28H25ClN6O/c1-18-6-8-20(9-7-18)27(36)33-12-14-34(15-13-33)28-30-24-17-22(29)10-11-23(24)26-32-31-25(35(26)28)21-5-3-4-19(2)16-21/h3-11,16-17H,12-15H2,1-2H3. The van der Waals surface area contributed by atoms with Crippen molar-refractivity contribution in [2.45, 2.75) is 13.8 Å². The lowest BCUT2D eigenvalue weighted by atomic mass is 10.1. The Bertz CT molecular complexity index is 1600. The maximum Gasteiger partial charge on any atom is 0.253 e. The summed E-state index contributed by atoms with van der Waals surface area (Å²) in [7, 11) is 0. The molecule has 8 heteroatoms. The smallest absolute Gasteiger partial charge is 0.253 e. The van der Waals surface area contributed by atoms with Gasteiger partial charge in [0.1, 0.15) is 0 Å². The number of nitrogens with zero attached hydrogens (tertiary/aromatic N) is 6. The minimum absolute atomic E-state index is 0.0581. The molecule has 0 saturated carbocycles. The van der Waals surface area contributed by atoms with Gasteiger partial charge in [0, 0.05) is 47.7 Å². The molecule has 180 valence electrons. The van der Waals surface area contributed by atoms with Crippen LogP contribution < -0.4 is 4.90 Å². The predicted molar refractivity (Wildman–Crippen MR) is 143 cm³/mol. The van der Waals surface area contributed by atoms with Crippen LogP contribution in [0.2, 0.25) is 5.02 Å². The van der Waals surface area contributed by atoms with Gasteiger partial charge in [0.25, 0.3) is 5.91 Å². The Morgan fingerprint density at radius 1 is 0.861 bits per heavy atom. The summed E-state index contributed by atoms with van der Waals surface area (Å²) in [5.41, 5.74) is 5.49. The lowest BCUT2D eigenvalue weighted by Crippen LogP contribution is -2.49. The molecule has 6 rings (SSSR count). The van der Waals surface area contributed by atoms with E-state index in [9.17, 15) is 4.79 Å². The van der Waals surface area contributed by atoms with Crippen LogP contribution in [0, 0.1) is 13.8 Å². The van der Waals surface area contributed by atoms with Gasteiger partial charge in [0.05, 0.1) is 5.52 Å². The average molecular weight is 497 g/mol. The van der Waals surface area contributed by atoms with Crippen LogP contribution in [-0.2, 0) is 0 Å². The molecule has 0 spiro atoms. The molecule has 0 radical (unpaired) electrons. The minimum atomic E-state index is 0.0581. The topological polar surface area (TPSA) is 66.6 Å². The molecule has 7 nitrogen and oxygen atoms in total. The number of piperazine rings is 1. The number of carbonyl (C=O) groups is 1. The zero-order valence-corrected chi connectivity index (χ0v) is 20.9. The summed E-state index contributed by atoms with van der Waals surface area (Å²) in [6.07, 6.45) is 0. The van der Waals surface area contributed by atoms with Crippen molar-refractivity contribution in [1.29, 1.82) is 0 Å². The molecule has 3 heterocycles. The maximum atomic E-state index is 13.1. The molecule has 0 aliphatic carbocycles. The lowest BCUT2D eigenvalue weighted by Gasteiger charge is -2.35. The van der Waals surface area contributed by atoms with Crippen LogP contribution in [-0.4, -0.2) is 56.6 Å². The number of aryl methyl sites for hydroxylation is 2. The fraction of sp³-hybridized carbons (Fsp3) is 0.214. The van der Waals surface area contributed by atoms with Crippen LogP contribution in [0.1, 0.15) is 21.5 Å². The van der Waals surface area contributed by atoms with Gasteiger partial charge in [0.15, 0.2) is 11.5 Å². The molecule has 1 saturated heterocycles. The van der Waals surface area contributed by atoms with Crippen LogP contribution in [0.4, 0.5) is 5.95 Å². The molecule has 3 aromatic carbocycles. The van der Waals surface area contributed by atoms with E-state index >= 15 is 0 Å². The third-order valence-corrected chi connectivity index (χ3v) is 6.94. The second-order valence-corrected chi connectivity index (χ2v) is 9.71. The number of benzene rings is 3. The van der Waals surface area contributed by atoms with E-state index in [4.69, 9.17) is 16.6 Å². The number of hydrogen-bond donors (Lipinski definition) is 0. The van der Waals surface area contributed by atoms with E-state index in [1.54, 1.807) is 0 Å². The number of anilines is 1. The van der Waals surface area contributed by atoms with Crippen LogP contribution in [0.15, 0.2) is 66.7 Å². The molecule has 0 unspecified atom stereocenters. The number of halogens is 1. The van der Waals surface area contributed by atoms with Crippen molar-refractivity contribution in [3.05, 3.63) is 88.4 Å². The van der Waals surface area contributed by atoms with E-state index in [0.29, 0.717) is 31.2 Å². The largest absolute Gasteiger partial charge is 0.338 e. The van der Waals surface area contributed by atoms with E-state index in [2.05, 4.69) is 34.2 Å². The van der Waals surface area contributed by atoms with Crippen LogP contribution in [0.3, 0.4) is 0 Å². The quantitative estimate of drug-likeness (QED) is 0.344. The first-order valence-corrected chi connectivity index (χ1v) is 12.4. The highest BCUT2D eigenvalue weighted by Crippen LogP contribution is 2.30. The molecule has 1 aliphatic rings. The Kier molecular flexibility index (Phi) is 5.57. The van der Waals surface area contributed by atoms with Gasteiger partial charge in [-0.15, -0.1) is 10.2 Å². The van der Waals surface area contributed by atoms with Crippen LogP contribution in [0.5, 0.6) is 0 Å². The van der Waals surface area contributed by atoms with Gasteiger partial charge in [-0.2, -0.15) is 0 Å². The number of hydrogen-bond acceptors (Lipinski definition) is 5. The summed E-state index contributed by atoms with van der Waals surface area (Å²) in [4.78, 5) is 22.2. The van der Waals surface area contributed by atoms with Crippen molar-refractivity contribution < 1.29 is 4.79 Å².